The van der Waals surface area contributed by atoms with E-state index in [1.165, 1.54) is 42.1 Å². The fourth-order valence-corrected chi connectivity index (χ4v) is 5.85. The number of carbonyl (C=O) groups excluding carboxylic acids is 3. The molecule has 2 N–H and O–H groups in total. The van der Waals surface area contributed by atoms with Crippen LogP contribution in [0, 0.1) is 11.7 Å². The zero-order valence-electron chi connectivity index (χ0n) is 23.6. The average Bonchev–Trinajstić information content (AvgIpc) is 3.65. The van der Waals surface area contributed by atoms with E-state index in [-0.39, 0.29) is 39.5 Å². The second-order valence-electron chi connectivity index (χ2n) is 10.5. The van der Waals surface area contributed by atoms with Crippen LogP contribution in [0.15, 0.2) is 36.5 Å². The molecule has 0 unspecified atom stereocenters. The maximum atomic E-state index is 14.5. The summed E-state index contributed by atoms with van der Waals surface area (Å²) in [6.45, 7) is 0.248. The first-order valence-electron chi connectivity index (χ1n) is 13.9. The molecule has 44 heavy (non-hydrogen) atoms. The van der Waals surface area contributed by atoms with Crippen LogP contribution in [-0.2, 0) is 11.8 Å². The molecule has 0 saturated carbocycles. The molecule has 2 aliphatic rings. The lowest BCUT2D eigenvalue weighted by molar-refractivity contribution is -0.133. The summed E-state index contributed by atoms with van der Waals surface area (Å²) in [5.41, 5.74) is 0.924. The molecule has 5 rings (SSSR count). The number of nitrogens with one attached hydrogen (secondary N) is 2. The SMILES string of the molecule is Cn1c(-c2ccc(OC(F)F)c(F)c2Cl)cnc1C(=O)Nc1ccc(C(=O)N2CCN(C(=O)C[C@@H]3CCNC3)CC2)c(Cl)c1. The summed E-state index contributed by atoms with van der Waals surface area (Å²) in [4.78, 5) is 46.4. The second kappa shape index (κ2) is 13.4. The quantitative estimate of drug-likeness (QED) is 0.366. The summed E-state index contributed by atoms with van der Waals surface area (Å²) in [7, 11) is 1.50. The fourth-order valence-electron chi connectivity index (χ4n) is 5.33. The van der Waals surface area contributed by atoms with Gasteiger partial charge in [-0.25, -0.2) is 9.37 Å². The van der Waals surface area contributed by atoms with E-state index in [1.54, 1.807) is 9.80 Å². The summed E-state index contributed by atoms with van der Waals surface area (Å²) >= 11 is 12.5. The normalized spacial score (nSPS) is 16.8. The van der Waals surface area contributed by atoms with Crippen LogP contribution in [0.25, 0.3) is 11.3 Å². The van der Waals surface area contributed by atoms with Crippen LogP contribution in [-0.4, -0.2) is 83.0 Å². The van der Waals surface area contributed by atoms with Crippen molar-refractivity contribution >= 4 is 46.6 Å². The maximum absolute atomic E-state index is 14.5. The summed E-state index contributed by atoms with van der Waals surface area (Å²) in [6, 6.07) is 6.78. The van der Waals surface area contributed by atoms with Crippen LogP contribution in [0.5, 0.6) is 5.75 Å². The van der Waals surface area contributed by atoms with E-state index in [9.17, 15) is 27.6 Å². The Morgan fingerprint density at radius 3 is 2.50 bits per heavy atom. The minimum Gasteiger partial charge on any atom is -0.432 e. The van der Waals surface area contributed by atoms with E-state index in [0.29, 0.717) is 44.2 Å². The lowest BCUT2D eigenvalue weighted by Gasteiger charge is -2.35. The number of imidazole rings is 1. The molecular weight excluding hydrogens is 624 g/mol. The van der Waals surface area contributed by atoms with Crippen LogP contribution >= 0.6 is 23.2 Å². The molecule has 10 nitrogen and oxygen atoms in total. The first-order chi connectivity index (χ1) is 21.0. The van der Waals surface area contributed by atoms with Crippen molar-refractivity contribution in [1.29, 1.82) is 0 Å². The molecule has 2 fully saturated rings. The Balaban J connectivity index is 1.21. The second-order valence-corrected chi connectivity index (χ2v) is 11.3. The smallest absolute Gasteiger partial charge is 0.387 e. The van der Waals surface area contributed by atoms with Crippen LogP contribution < -0.4 is 15.4 Å². The number of piperazine rings is 1. The van der Waals surface area contributed by atoms with Gasteiger partial charge in [0.25, 0.3) is 11.8 Å². The van der Waals surface area contributed by atoms with Crippen molar-refractivity contribution in [3.8, 4) is 17.0 Å². The fraction of sp³-hybridized carbons (Fsp3) is 0.379. The standard InChI is InChI=1S/C29H29Cl2F3N6O4/c1-38-21(19-4-5-22(44-29(33)34)25(32)24(19)31)15-36-26(38)27(42)37-17-2-3-18(20(30)13-17)28(43)40-10-8-39(9-11-40)23(41)12-16-6-7-35-14-16/h2-5,13,15-16,29,35H,6-12,14H2,1H3,(H,37,42)/t16-/m0/s1. The molecule has 0 aliphatic carbocycles. The highest BCUT2D eigenvalue weighted by Crippen LogP contribution is 2.35. The number of aromatic nitrogens is 2. The van der Waals surface area contributed by atoms with Gasteiger partial charge in [0.1, 0.15) is 0 Å². The molecule has 0 bridgehead atoms. The van der Waals surface area contributed by atoms with Gasteiger partial charge in [-0.15, -0.1) is 0 Å². The molecule has 3 aromatic rings. The van der Waals surface area contributed by atoms with Gasteiger partial charge in [0.15, 0.2) is 17.4 Å². The number of nitrogens with zero attached hydrogens (tertiary/aromatic N) is 4. The van der Waals surface area contributed by atoms with Crippen molar-refractivity contribution in [3.05, 3.63) is 63.8 Å². The van der Waals surface area contributed by atoms with Crippen LogP contribution in [0.4, 0.5) is 18.9 Å². The third kappa shape index (κ3) is 6.79. The molecule has 3 amide bonds. The van der Waals surface area contributed by atoms with Crippen LogP contribution in [0.3, 0.4) is 0 Å². The minimum absolute atomic E-state index is 0.0581. The van der Waals surface area contributed by atoms with Crippen molar-refractivity contribution in [1.82, 2.24) is 24.7 Å². The Morgan fingerprint density at radius 1 is 1.11 bits per heavy atom. The zero-order valence-corrected chi connectivity index (χ0v) is 25.1. The van der Waals surface area contributed by atoms with E-state index >= 15 is 0 Å². The zero-order chi connectivity index (χ0) is 31.5. The number of carbonyl (C=O) groups is 3. The van der Waals surface area contributed by atoms with Crippen molar-refractivity contribution in [2.75, 3.05) is 44.6 Å². The van der Waals surface area contributed by atoms with Crippen molar-refractivity contribution in [2.24, 2.45) is 13.0 Å². The third-order valence-electron chi connectivity index (χ3n) is 7.73. The highest BCUT2D eigenvalue weighted by molar-refractivity contribution is 6.34. The van der Waals surface area contributed by atoms with Gasteiger partial charge < -0.3 is 29.7 Å². The average molecular weight is 653 g/mol. The molecular formula is C29H29Cl2F3N6O4. The molecule has 1 atom stereocenters. The molecule has 234 valence electrons. The Hall–Kier alpha value is -3.81. The van der Waals surface area contributed by atoms with E-state index in [4.69, 9.17) is 23.2 Å². The number of hydrogen-bond acceptors (Lipinski definition) is 6. The molecule has 3 heterocycles. The number of ether oxygens (including phenoxy) is 1. The molecule has 15 heteroatoms. The summed E-state index contributed by atoms with van der Waals surface area (Å²) < 4.78 is 45.0. The Morgan fingerprint density at radius 2 is 1.84 bits per heavy atom. The molecule has 2 aliphatic heterocycles. The monoisotopic (exact) mass is 652 g/mol. The highest BCUT2D eigenvalue weighted by atomic mass is 35.5. The molecule has 0 spiro atoms. The summed E-state index contributed by atoms with van der Waals surface area (Å²) in [5, 5.41) is 5.59. The first kappa shape index (κ1) is 31.6. The predicted octanol–water partition coefficient (Wildman–Crippen LogP) is 4.67. The van der Waals surface area contributed by atoms with Crippen molar-refractivity contribution in [3.63, 3.8) is 0 Å². The number of alkyl halides is 2. The lowest BCUT2D eigenvalue weighted by atomic mass is 10.0. The largest absolute Gasteiger partial charge is 0.432 e. The molecule has 2 aromatic carbocycles. The Labute approximate surface area is 261 Å². The van der Waals surface area contributed by atoms with Crippen LogP contribution in [0.1, 0.15) is 33.8 Å². The van der Waals surface area contributed by atoms with Gasteiger partial charge >= 0.3 is 6.61 Å². The topological polar surface area (TPSA) is 109 Å². The van der Waals surface area contributed by atoms with Gasteiger partial charge in [-0.2, -0.15) is 8.78 Å². The highest BCUT2D eigenvalue weighted by Gasteiger charge is 2.28. The van der Waals surface area contributed by atoms with Gasteiger partial charge in [0.2, 0.25) is 5.91 Å². The number of rotatable bonds is 8. The molecule has 0 radical (unpaired) electrons. The number of benzene rings is 2. The Bertz CT molecular complexity index is 1570. The molecule has 2 saturated heterocycles. The minimum atomic E-state index is -3.23. The maximum Gasteiger partial charge on any atom is 0.387 e. The van der Waals surface area contributed by atoms with E-state index in [1.807, 2.05) is 0 Å². The van der Waals surface area contributed by atoms with Crippen molar-refractivity contribution in [2.45, 2.75) is 19.5 Å². The van der Waals surface area contributed by atoms with Gasteiger partial charge in [-0.1, -0.05) is 23.2 Å². The van der Waals surface area contributed by atoms with E-state index < -0.39 is 29.1 Å². The third-order valence-corrected chi connectivity index (χ3v) is 8.42. The predicted molar refractivity (Wildman–Crippen MR) is 158 cm³/mol. The van der Waals surface area contributed by atoms with Gasteiger partial charge in [0, 0.05) is 50.9 Å². The van der Waals surface area contributed by atoms with Crippen LogP contribution in [0.2, 0.25) is 10.0 Å². The lowest BCUT2D eigenvalue weighted by Crippen LogP contribution is -2.51. The number of anilines is 1. The number of hydrogen-bond donors (Lipinski definition) is 2. The first-order valence-corrected chi connectivity index (χ1v) is 14.6. The summed E-state index contributed by atoms with van der Waals surface area (Å²) in [5.74, 6) is -2.38. The molecule has 1 aromatic heterocycles. The Kier molecular flexibility index (Phi) is 9.66. The van der Waals surface area contributed by atoms with Gasteiger partial charge in [0.05, 0.1) is 27.5 Å². The van der Waals surface area contributed by atoms with Crippen molar-refractivity contribution < 1.29 is 32.3 Å². The number of amides is 3. The number of halogens is 5. The summed E-state index contributed by atoms with van der Waals surface area (Å²) in [6.07, 6.45) is 2.80. The van der Waals surface area contributed by atoms with Gasteiger partial charge in [-0.3, -0.25) is 14.4 Å². The van der Waals surface area contributed by atoms with E-state index in [2.05, 4.69) is 20.4 Å². The van der Waals surface area contributed by atoms with E-state index in [0.717, 1.165) is 25.6 Å². The van der Waals surface area contributed by atoms with Gasteiger partial charge in [-0.05, 0) is 55.8 Å².